The highest BCUT2D eigenvalue weighted by molar-refractivity contribution is 9.10. The monoisotopic (exact) mass is 335 g/mol. The second-order valence-corrected chi connectivity index (χ2v) is 6.31. The lowest BCUT2D eigenvalue weighted by Crippen LogP contribution is -2.19. The van der Waals surface area contributed by atoms with Crippen molar-refractivity contribution in [3.05, 3.63) is 52.3 Å². The van der Waals surface area contributed by atoms with E-state index < -0.39 is 0 Å². The van der Waals surface area contributed by atoms with Gasteiger partial charge >= 0.3 is 0 Å². The lowest BCUT2D eigenvalue weighted by molar-refractivity contribution is 0.520. The van der Waals surface area contributed by atoms with Crippen LogP contribution in [-0.4, -0.2) is 23.4 Å². The molecule has 0 saturated heterocycles. The first kappa shape index (κ1) is 15.3. The first-order valence-corrected chi connectivity index (χ1v) is 7.83. The molecule has 0 radical (unpaired) electrons. The molecule has 0 aliphatic carbocycles. The Morgan fingerprint density at radius 1 is 1.20 bits per heavy atom. The minimum atomic E-state index is 0.416. The number of hydrogen-bond donors (Lipinski definition) is 1. The van der Waals surface area contributed by atoms with E-state index in [1.165, 1.54) is 5.56 Å². The number of halogens is 1. The zero-order valence-electron chi connectivity index (χ0n) is 12.3. The summed E-state index contributed by atoms with van der Waals surface area (Å²) in [5.41, 5.74) is 2.50. The van der Waals surface area contributed by atoms with Gasteiger partial charge in [-0.05, 0) is 51.1 Å². The third kappa shape index (κ3) is 3.93. The van der Waals surface area contributed by atoms with E-state index in [1.807, 2.05) is 11.7 Å². The molecule has 1 N–H and O–H groups in total. The summed E-state index contributed by atoms with van der Waals surface area (Å²) in [7, 11) is 2.00. The van der Waals surface area contributed by atoms with Crippen molar-refractivity contribution < 1.29 is 0 Å². The van der Waals surface area contributed by atoms with Gasteiger partial charge in [-0.1, -0.05) is 28.1 Å². The maximum absolute atomic E-state index is 4.65. The van der Waals surface area contributed by atoms with Crippen molar-refractivity contribution >= 4 is 15.9 Å². The van der Waals surface area contributed by atoms with Crippen LogP contribution < -0.4 is 5.32 Å². The van der Waals surface area contributed by atoms with E-state index in [1.54, 1.807) is 0 Å². The molecule has 108 valence electrons. The fourth-order valence-corrected chi connectivity index (χ4v) is 2.58. The minimum absolute atomic E-state index is 0.416. The zero-order valence-corrected chi connectivity index (χ0v) is 13.9. The molecular formula is C16H22BrN3. The molecule has 0 fully saturated rings. The summed E-state index contributed by atoms with van der Waals surface area (Å²) in [6.07, 6.45) is 3.03. The molecule has 0 amide bonds. The molecule has 0 spiro atoms. The van der Waals surface area contributed by atoms with Crippen molar-refractivity contribution in [2.24, 2.45) is 0 Å². The Morgan fingerprint density at radius 2 is 1.90 bits per heavy atom. The van der Waals surface area contributed by atoms with Gasteiger partial charge in [-0.15, -0.1) is 0 Å². The topological polar surface area (TPSA) is 29.9 Å². The van der Waals surface area contributed by atoms with Gasteiger partial charge in [0.2, 0.25) is 0 Å². The smallest absolute Gasteiger partial charge is 0.0631 e. The lowest BCUT2D eigenvalue weighted by atomic mass is 9.94. The van der Waals surface area contributed by atoms with Crippen LogP contribution in [0, 0.1) is 0 Å². The predicted octanol–water partition coefficient (Wildman–Crippen LogP) is 3.77. The van der Waals surface area contributed by atoms with E-state index in [4.69, 9.17) is 0 Å². The Balaban J connectivity index is 2.14. The summed E-state index contributed by atoms with van der Waals surface area (Å²) in [5, 5.41) is 7.94. The number of rotatable bonds is 6. The minimum Gasteiger partial charge on any atom is -0.319 e. The van der Waals surface area contributed by atoms with Crippen molar-refractivity contribution in [2.45, 2.75) is 32.2 Å². The molecule has 0 aliphatic heterocycles. The van der Waals surface area contributed by atoms with Crippen molar-refractivity contribution in [3.63, 3.8) is 0 Å². The van der Waals surface area contributed by atoms with Crippen LogP contribution in [0.5, 0.6) is 0 Å². The average Bonchev–Trinajstić information content (AvgIpc) is 2.88. The van der Waals surface area contributed by atoms with Gasteiger partial charge in [0.25, 0.3) is 0 Å². The average molecular weight is 336 g/mol. The molecule has 1 atom stereocenters. The molecule has 2 rings (SSSR count). The van der Waals surface area contributed by atoms with Crippen molar-refractivity contribution in [2.75, 3.05) is 13.6 Å². The maximum Gasteiger partial charge on any atom is 0.0631 e. The Hall–Kier alpha value is -1.13. The summed E-state index contributed by atoms with van der Waals surface area (Å²) >= 11 is 3.49. The molecule has 1 aromatic carbocycles. The van der Waals surface area contributed by atoms with Gasteiger partial charge in [0.15, 0.2) is 0 Å². The molecule has 1 aromatic heterocycles. The van der Waals surface area contributed by atoms with Crippen molar-refractivity contribution in [1.29, 1.82) is 0 Å². The maximum atomic E-state index is 4.65. The van der Waals surface area contributed by atoms with E-state index in [0.29, 0.717) is 12.0 Å². The van der Waals surface area contributed by atoms with Crippen molar-refractivity contribution in [3.8, 4) is 0 Å². The first-order chi connectivity index (χ1) is 9.60. The first-order valence-electron chi connectivity index (χ1n) is 7.04. The molecule has 0 bridgehead atoms. The van der Waals surface area contributed by atoms with Gasteiger partial charge in [-0.3, -0.25) is 4.68 Å². The van der Waals surface area contributed by atoms with Gasteiger partial charge < -0.3 is 5.32 Å². The largest absolute Gasteiger partial charge is 0.319 e. The van der Waals surface area contributed by atoms with Crippen LogP contribution in [0.15, 0.2) is 41.0 Å². The Labute approximate surface area is 129 Å². The zero-order chi connectivity index (χ0) is 14.5. The molecule has 3 nitrogen and oxygen atoms in total. The van der Waals surface area contributed by atoms with Crippen LogP contribution in [0.2, 0.25) is 0 Å². The van der Waals surface area contributed by atoms with Crippen LogP contribution in [0.1, 0.15) is 37.1 Å². The normalized spacial score (nSPS) is 12.8. The van der Waals surface area contributed by atoms with Gasteiger partial charge in [-0.25, -0.2) is 0 Å². The predicted molar refractivity (Wildman–Crippen MR) is 87.1 cm³/mol. The number of nitrogens with one attached hydrogen (secondary N) is 1. The SMILES string of the molecule is CNCC(Cc1ccn(C(C)C)n1)c1ccc(Br)cc1. The molecule has 2 aromatic rings. The second-order valence-electron chi connectivity index (χ2n) is 5.39. The highest BCUT2D eigenvalue weighted by atomic mass is 79.9. The van der Waals surface area contributed by atoms with E-state index in [0.717, 1.165) is 23.1 Å². The molecule has 0 aliphatic rings. The molecule has 1 heterocycles. The van der Waals surface area contributed by atoms with Gasteiger partial charge in [0.05, 0.1) is 5.69 Å². The fourth-order valence-electron chi connectivity index (χ4n) is 2.32. The van der Waals surface area contributed by atoms with Crippen LogP contribution >= 0.6 is 15.9 Å². The lowest BCUT2D eigenvalue weighted by Gasteiger charge is -2.16. The third-order valence-corrected chi connectivity index (χ3v) is 3.97. The Bertz CT molecular complexity index is 531. The summed E-state index contributed by atoms with van der Waals surface area (Å²) in [5.74, 6) is 0.448. The highest BCUT2D eigenvalue weighted by Crippen LogP contribution is 2.22. The van der Waals surface area contributed by atoms with Gasteiger partial charge in [0.1, 0.15) is 0 Å². The molecular weight excluding hydrogens is 314 g/mol. The number of hydrogen-bond acceptors (Lipinski definition) is 2. The fraction of sp³-hybridized carbons (Fsp3) is 0.438. The molecule has 20 heavy (non-hydrogen) atoms. The van der Waals surface area contributed by atoms with E-state index >= 15 is 0 Å². The molecule has 0 saturated carbocycles. The summed E-state index contributed by atoms with van der Waals surface area (Å²) in [4.78, 5) is 0. The number of aromatic nitrogens is 2. The summed E-state index contributed by atoms with van der Waals surface area (Å²) in [6, 6.07) is 11.1. The van der Waals surface area contributed by atoms with Gasteiger partial charge in [0, 0.05) is 29.2 Å². The molecule has 4 heteroatoms. The summed E-state index contributed by atoms with van der Waals surface area (Å²) in [6.45, 7) is 5.25. The standard InChI is InChI=1S/C16H22BrN3/c1-12(2)20-9-8-16(19-20)10-14(11-18-3)13-4-6-15(17)7-5-13/h4-9,12,14,18H,10-11H2,1-3H3. The van der Waals surface area contributed by atoms with Crippen molar-refractivity contribution in [1.82, 2.24) is 15.1 Å². The Kier molecular flexibility index (Phi) is 5.38. The van der Waals surface area contributed by atoms with Crippen LogP contribution in [0.4, 0.5) is 0 Å². The van der Waals surface area contributed by atoms with E-state index in [-0.39, 0.29) is 0 Å². The quantitative estimate of drug-likeness (QED) is 0.870. The second kappa shape index (κ2) is 7.04. The van der Waals surface area contributed by atoms with E-state index in [9.17, 15) is 0 Å². The Morgan fingerprint density at radius 3 is 2.45 bits per heavy atom. The van der Waals surface area contributed by atoms with E-state index in [2.05, 4.69) is 76.7 Å². The number of nitrogens with zero attached hydrogens (tertiary/aromatic N) is 2. The third-order valence-electron chi connectivity index (χ3n) is 3.44. The van der Waals surface area contributed by atoms with Crippen LogP contribution in [0.25, 0.3) is 0 Å². The van der Waals surface area contributed by atoms with Crippen LogP contribution in [0.3, 0.4) is 0 Å². The number of likely N-dealkylation sites (N-methyl/N-ethyl adjacent to an activating group) is 1. The van der Waals surface area contributed by atoms with Crippen LogP contribution in [-0.2, 0) is 6.42 Å². The summed E-state index contributed by atoms with van der Waals surface area (Å²) < 4.78 is 3.14. The highest BCUT2D eigenvalue weighted by Gasteiger charge is 2.13. The van der Waals surface area contributed by atoms with Gasteiger partial charge in [-0.2, -0.15) is 5.10 Å². The number of benzene rings is 1. The molecule has 1 unspecified atom stereocenters.